The SMILES string of the molecule is CCC[C@@H](c1cnc2ccc(N3CCC(c4cccc(O)c4)(N(C)C)CC3)cc2n1)N1C[C@@H](C)N[C@@H](C)C1. The number of aromatic nitrogens is 2. The van der Waals surface area contributed by atoms with E-state index < -0.39 is 0 Å². The first kappa shape index (κ1) is 26.9. The molecule has 0 bridgehead atoms. The van der Waals surface area contributed by atoms with E-state index in [1.54, 1.807) is 6.07 Å². The molecule has 2 N–H and O–H groups in total. The van der Waals surface area contributed by atoms with Gasteiger partial charge >= 0.3 is 0 Å². The fourth-order valence-electron chi connectivity index (χ4n) is 6.71. The van der Waals surface area contributed by atoms with Crippen molar-refractivity contribution in [3.05, 3.63) is 59.9 Å². The van der Waals surface area contributed by atoms with Gasteiger partial charge in [0.15, 0.2) is 0 Å². The Hall–Kier alpha value is -2.74. The highest BCUT2D eigenvalue weighted by Gasteiger charge is 2.38. The molecule has 7 nitrogen and oxygen atoms in total. The molecule has 3 heterocycles. The summed E-state index contributed by atoms with van der Waals surface area (Å²) >= 11 is 0. The smallest absolute Gasteiger partial charge is 0.115 e. The summed E-state index contributed by atoms with van der Waals surface area (Å²) in [6.07, 6.45) is 6.20. The maximum Gasteiger partial charge on any atom is 0.115 e. The van der Waals surface area contributed by atoms with E-state index in [2.05, 4.69) is 79.1 Å². The van der Waals surface area contributed by atoms with E-state index in [9.17, 15) is 5.11 Å². The van der Waals surface area contributed by atoms with Crippen LogP contribution < -0.4 is 10.2 Å². The number of hydrogen-bond donors (Lipinski definition) is 2. The Morgan fingerprint density at radius 2 is 1.79 bits per heavy atom. The van der Waals surface area contributed by atoms with Crippen LogP contribution in [0.2, 0.25) is 0 Å². The van der Waals surface area contributed by atoms with Crippen molar-refractivity contribution in [2.24, 2.45) is 0 Å². The topological polar surface area (TPSA) is 67.8 Å². The second kappa shape index (κ2) is 11.2. The Balaban J connectivity index is 1.38. The lowest BCUT2D eigenvalue weighted by molar-refractivity contribution is 0.114. The molecule has 7 heteroatoms. The number of benzene rings is 2. The first-order valence-corrected chi connectivity index (χ1v) is 14.3. The highest BCUT2D eigenvalue weighted by Crippen LogP contribution is 2.40. The van der Waals surface area contributed by atoms with Crippen LogP contribution in [0.5, 0.6) is 5.75 Å². The predicted molar refractivity (Wildman–Crippen MR) is 156 cm³/mol. The minimum atomic E-state index is -0.0794. The maximum absolute atomic E-state index is 10.1. The maximum atomic E-state index is 10.1. The first-order valence-electron chi connectivity index (χ1n) is 14.3. The summed E-state index contributed by atoms with van der Waals surface area (Å²) in [6, 6.07) is 15.6. The third-order valence-corrected chi connectivity index (χ3v) is 8.67. The molecule has 1 aromatic heterocycles. The van der Waals surface area contributed by atoms with Crippen molar-refractivity contribution in [1.82, 2.24) is 25.1 Å². The zero-order valence-electron chi connectivity index (χ0n) is 23.7. The normalized spacial score (nSPS) is 23.2. The summed E-state index contributed by atoms with van der Waals surface area (Å²) in [5.41, 5.74) is 5.35. The van der Waals surface area contributed by atoms with E-state index in [4.69, 9.17) is 9.97 Å². The largest absolute Gasteiger partial charge is 0.508 e. The predicted octanol–water partition coefficient (Wildman–Crippen LogP) is 4.92. The number of rotatable bonds is 7. The molecule has 0 radical (unpaired) electrons. The number of aromatic hydroxyl groups is 1. The molecule has 3 aromatic rings. The van der Waals surface area contributed by atoms with Gasteiger partial charge in [0.25, 0.3) is 0 Å². The lowest BCUT2D eigenvalue weighted by atomic mass is 9.79. The fourth-order valence-corrected chi connectivity index (χ4v) is 6.71. The molecule has 0 unspecified atom stereocenters. The van der Waals surface area contributed by atoms with Crippen LogP contribution in [0.25, 0.3) is 11.0 Å². The minimum Gasteiger partial charge on any atom is -0.508 e. The molecule has 3 atom stereocenters. The van der Waals surface area contributed by atoms with Crippen molar-refractivity contribution in [3.8, 4) is 5.75 Å². The molecule has 2 saturated heterocycles. The van der Waals surface area contributed by atoms with Gasteiger partial charge in [-0.15, -0.1) is 0 Å². The molecule has 0 spiro atoms. The molecule has 204 valence electrons. The number of piperidine rings is 1. The van der Waals surface area contributed by atoms with Gasteiger partial charge in [0, 0.05) is 49.5 Å². The van der Waals surface area contributed by atoms with Crippen LogP contribution >= 0.6 is 0 Å². The Morgan fingerprint density at radius 3 is 2.45 bits per heavy atom. The molecule has 0 aliphatic carbocycles. The second-order valence-corrected chi connectivity index (χ2v) is 11.7. The zero-order chi connectivity index (χ0) is 26.9. The lowest BCUT2D eigenvalue weighted by Gasteiger charge is -2.47. The number of nitrogens with one attached hydrogen (secondary N) is 1. The number of phenolic OH excluding ortho intramolecular Hbond substituents is 1. The summed E-state index contributed by atoms with van der Waals surface area (Å²) in [7, 11) is 4.30. The first-order chi connectivity index (χ1) is 18.3. The quantitative estimate of drug-likeness (QED) is 0.462. The fraction of sp³-hybridized carbons (Fsp3) is 0.548. The number of anilines is 1. The summed E-state index contributed by atoms with van der Waals surface area (Å²) in [6.45, 7) is 10.8. The number of piperazine rings is 1. The van der Waals surface area contributed by atoms with Crippen LogP contribution in [0.1, 0.15) is 63.8 Å². The Kier molecular flexibility index (Phi) is 7.89. The second-order valence-electron chi connectivity index (χ2n) is 11.7. The average Bonchev–Trinajstić information content (AvgIpc) is 2.90. The highest BCUT2D eigenvalue weighted by atomic mass is 16.3. The Labute approximate surface area is 227 Å². The van der Waals surface area contributed by atoms with Crippen LogP contribution in [-0.2, 0) is 5.54 Å². The van der Waals surface area contributed by atoms with Crippen molar-refractivity contribution in [2.75, 3.05) is 45.2 Å². The molecular weight excluding hydrogens is 472 g/mol. The summed E-state index contributed by atoms with van der Waals surface area (Å²) in [5.74, 6) is 0.334. The summed E-state index contributed by atoms with van der Waals surface area (Å²) in [5, 5.41) is 13.8. The van der Waals surface area contributed by atoms with Gasteiger partial charge < -0.3 is 15.3 Å². The number of nitrogens with zero attached hydrogens (tertiary/aromatic N) is 5. The van der Waals surface area contributed by atoms with E-state index in [-0.39, 0.29) is 5.54 Å². The number of fused-ring (bicyclic) bond motifs is 1. The Bertz CT molecular complexity index is 1230. The van der Waals surface area contributed by atoms with E-state index in [0.29, 0.717) is 23.9 Å². The summed E-state index contributed by atoms with van der Waals surface area (Å²) < 4.78 is 0. The van der Waals surface area contributed by atoms with Crippen molar-refractivity contribution in [1.29, 1.82) is 0 Å². The monoisotopic (exact) mass is 516 g/mol. The van der Waals surface area contributed by atoms with Gasteiger partial charge in [-0.1, -0.05) is 25.5 Å². The van der Waals surface area contributed by atoms with E-state index in [1.807, 2.05) is 18.3 Å². The van der Waals surface area contributed by atoms with Gasteiger partial charge in [-0.25, -0.2) is 4.98 Å². The van der Waals surface area contributed by atoms with E-state index >= 15 is 0 Å². The standard InChI is InChI=1S/C31H44N6O/c1-6-8-30(37-20-22(2)33-23(3)21-37)29-19-32-27-12-11-25(18-28(27)34-29)36-15-13-31(14-16-36,35(4)5)24-9-7-10-26(38)17-24/h7,9-12,17-19,22-23,30,33,38H,6,8,13-16,20-21H2,1-5H3/t22-,23+,30-/m0/s1. The van der Waals surface area contributed by atoms with Gasteiger partial charge in [-0.2, -0.15) is 0 Å². The van der Waals surface area contributed by atoms with E-state index in [1.165, 1.54) is 11.3 Å². The van der Waals surface area contributed by atoms with Crippen molar-refractivity contribution < 1.29 is 5.11 Å². The molecule has 5 rings (SSSR count). The van der Waals surface area contributed by atoms with Crippen LogP contribution in [0.15, 0.2) is 48.7 Å². The third-order valence-electron chi connectivity index (χ3n) is 8.67. The van der Waals surface area contributed by atoms with Crippen molar-refractivity contribution >= 4 is 16.7 Å². The van der Waals surface area contributed by atoms with Crippen molar-refractivity contribution in [2.45, 2.75) is 70.1 Å². The molecule has 2 fully saturated rings. The molecule has 2 aliphatic heterocycles. The van der Waals surface area contributed by atoms with Crippen molar-refractivity contribution in [3.63, 3.8) is 0 Å². The summed E-state index contributed by atoms with van der Waals surface area (Å²) in [4.78, 5) is 17.4. The molecule has 0 saturated carbocycles. The van der Waals surface area contributed by atoms with Crippen LogP contribution in [0.3, 0.4) is 0 Å². The molecular formula is C31H44N6O. The third kappa shape index (κ3) is 5.37. The van der Waals surface area contributed by atoms with Crippen LogP contribution in [-0.4, -0.2) is 77.2 Å². The van der Waals surface area contributed by atoms with E-state index in [0.717, 1.165) is 68.6 Å². The number of phenols is 1. The van der Waals surface area contributed by atoms with Gasteiger partial charge in [-0.3, -0.25) is 14.8 Å². The highest BCUT2D eigenvalue weighted by molar-refractivity contribution is 5.79. The van der Waals surface area contributed by atoms with Crippen LogP contribution in [0.4, 0.5) is 5.69 Å². The molecule has 38 heavy (non-hydrogen) atoms. The molecule has 0 amide bonds. The van der Waals surface area contributed by atoms with Gasteiger partial charge in [0.2, 0.25) is 0 Å². The molecule has 2 aromatic carbocycles. The van der Waals surface area contributed by atoms with Gasteiger partial charge in [0.05, 0.1) is 29.0 Å². The minimum absolute atomic E-state index is 0.0794. The number of hydrogen-bond acceptors (Lipinski definition) is 7. The van der Waals surface area contributed by atoms with Gasteiger partial charge in [-0.05, 0) is 83.1 Å². The zero-order valence-corrected chi connectivity index (χ0v) is 23.7. The average molecular weight is 517 g/mol. The lowest BCUT2D eigenvalue weighted by Crippen LogP contribution is -2.55. The Morgan fingerprint density at radius 1 is 1.05 bits per heavy atom. The van der Waals surface area contributed by atoms with Gasteiger partial charge in [0.1, 0.15) is 5.75 Å². The molecule has 2 aliphatic rings. The van der Waals surface area contributed by atoms with Crippen LogP contribution in [0, 0.1) is 0 Å².